The molecule has 0 unspecified atom stereocenters. The van der Waals surface area contributed by atoms with Crippen molar-refractivity contribution in [1.82, 2.24) is 0 Å². The summed E-state index contributed by atoms with van der Waals surface area (Å²) in [6.07, 6.45) is 0. The van der Waals surface area contributed by atoms with Gasteiger partial charge in [-0.3, -0.25) is 0 Å². The Morgan fingerprint density at radius 1 is 0.692 bits per heavy atom. The summed E-state index contributed by atoms with van der Waals surface area (Å²) in [6, 6.07) is 0. The Morgan fingerprint density at radius 3 is 0.692 bits per heavy atom. The van der Waals surface area contributed by atoms with Crippen molar-refractivity contribution in [2.45, 2.75) is 0 Å². The fourth-order valence-electron chi connectivity index (χ4n) is 0. The van der Waals surface area contributed by atoms with Crippen molar-refractivity contribution >= 4 is 15.6 Å². The molecule has 2 radical (unpaired) electrons. The monoisotopic (exact) mass is 312 g/mol. The van der Waals surface area contributed by atoms with Crippen molar-refractivity contribution in [3.05, 3.63) is 0 Å². The van der Waals surface area contributed by atoms with Crippen LogP contribution in [0.15, 0.2) is 0 Å². The van der Waals surface area contributed by atoms with E-state index in [9.17, 15) is 0 Å². The van der Waals surface area contributed by atoms with Crippen LogP contribution < -0.4 is 48.2 Å². The SMILES string of the molecule is O=P([O-])([O-])[O-].O=P([O-])([O-])[O-].[Co+2].[Fe+3].[Li+]. The van der Waals surface area contributed by atoms with Crippen LogP contribution in [0.5, 0.6) is 0 Å². The van der Waals surface area contributed by atoms with Gasteiger partial charge in [-0.2, -0.15) is 15.6 Å². The van der Waals surface area contributed by atoms with Crippen LogP contribution in [0.1, 0.15) is 0 Å². The van der Waals surface area contributed by atoms with Crippen molar-refractivity contribution < 1.29 is 91.2 Å². The van der Waals surface area contributed by atoms with Gasteiger partial charge in [0.1, 0.15) is 0 Å². The van der Waals surface area contributed by atoms with Gasteiger partial charge in [0, 0.05) is 0 Å². The molecule has 0 heterocycles. The van der Waals surface area contributed by atoms with Crippen molar-refractivity contribution in [3.8, 4) is 0 Å². The summed E-state index contributed by atoms with van der Waals surface area (Å²) in [5, 5.41) is 0. The first-order chi connectivity index (χ1) is 4.00. The molecule has 0 aromatic carbocycles. The molecule has 0 spiro atoms. The summed E-state index contributed by atoms with van der Waals surface area (Å²) in [4.78, 5) is 51.3. The van der Waals surface area contributed by atoms with E-state index in [2.05, 4.69) is 0 Å². The van der Waals surface area contributed by atoms with Crippen molar-refractivity contribution in [1.29, 1.82) is 0 Å². The topological polar surface area (TPSA) is 172 Å². The second-order valence-corrected chi connectivity index (χ2v) is 2.68. The van der Waals surface area contributed by atoms with E-state index in [1.54, 1.807) is 0 Å². The minimum atomic E-state index is -5.39. The van der Waals surface area contributed by atoms with Gasteiger partial charge in [0.25, 0.3) is 0 Å². The van der Waals surface area contributed by atoms with Crippen molar-refractivity contribution in [3.63, 3.8) is 0 Å². The fourth-order valence-corrected chi connectivity index (χ4v) is 0. The molecule has 8 nitrogen and oxygen atoms in total. The Kier molecular flexibility index (Phi) is 26.9. The number of phosphoric acid groups is 2. The van der Waals surface area contributed by atoms with Crippen molar-refractivity contribution in [2.75, 3.05) is 0 Å². The Balaban J connectivity index is -0.0000000267. The summed E-state index contributed by atoms with van der Waals surface area (Å²) in [5.74, 6) is 0. The van der Waals surface area contributed by atoms with Crippen LogP contribution in [-0.2, 0) is 43.0 Å². The third kappa shape index (κ3) is 571. The van der Waals surface area contributed by atoms with E-state index in [0.29, 0.717) is 0 Å². The molecule has 0 rings (SSSR count). The smallest absolute Gasteiger partial charge is 0.822 e. The first-order valence-corrected chi connectivity index (χ1v) is 4.38. The van der Waals surface area contributed by atoms with E-state index in [0.717, 1.165) is 0 Å². The average molecular weight is 312 g/mol. The third-order valence-corrected chi connectivity index (χ3v) is 0. The molecule has 13 heteroatoms. The second-order valence-electron chi connectivity index (χ2n) is 0.894. The van der Waals surface area contributed by atoms with Gasteiger partial charge in [0.15, 0.2) is 0 Å². The van der Waals surface area contributed by atoms with E-state index in [-0.39, 0.29) is 52.7 Å². The molecule has 0 aromatic rings. The molecule has 0 atom stereocenters. The molecule has 0 aliphatic heterocycles. The van der Waals surface area contributed by atoms with Gasteiger partial charge in [0.2, 0.25) is 0 Å². The van der Waals surface area contributed by atoms with Crippen LogP contribution in [0.25, 0.3) is 0 Å². The van der Waals surface area contributed by atoms with Crippen LogP contribution in [0.3, 0.4) is 0 Å². The van der Waals surface area contributed by atoms with Gasteiger partial charge in [-0.15, -0.1) is 0 Å². The summed E-state index contributed by atoms with van der Waals surface area (Å²) < 4.78 is 17.1. The quantitative estimate of drug-likeness (QED) is 0.313. The van der Waals surface area contributed by atoms with Gasteiger partial charge in [-0.25, -0.2) is 0 Å². The van der Waals surface area contributed by atoms with E-state index in [4.69, 9.17) is 38.5 Å². The maximum atomic E-state index is 8.55. The Labute approximate surface area is 106 Å². The Hall–Kier alpha value is 1.84. The molecule has 76 valence electrons. The zero-order chi connectivity index (χ0) is 9.00. The molecular formula is CoFeLiO8P2. The van der Waals surface area contributed by atoms with Crippen LogP contribution >= 0.6 is 15.6 Å². The minimum Gasteiger partial charge on any atom is -0.822 e. The number of hydrogen-bond donors (Lipinski definition) is 0. The second kappa shape index (κ2) is 11.9. The summed E-state index contributed by atoms with van der Waals surface area (Å²) in [5.41, 5.74) is 0. The van der Waals surface area contributed by atoms with Gasteiger partial charge >= 0.3 is 52.7 Å². The number of rotatable bonds is 0. The molecule has 0 amide bonds. The molecule has 0 fully saturated rings. The first kappa shape index (κ1) is 29.4. The Bertz CT molecular complexity index is 134. The molecular weight excluding hydrogens is 312 g/mol. The van der Waals surface area contributed by atoms with Crippen LogP contribution in [-0.4, -0.2) is 0 Å². The van der Waals surface area contributed by atoms with Gasteiger partial charge < -0.3 is 38.5 Å². The van der Waals surface area contributed by atoms with Crippen LogP contribution in [0.4, 0.5) is 0 Å². The molecule has 0 aliphatic carbocycles. The van der Waals surface area contributed by atoms with Crippen LogP contribution in [0, 0.1) is 0 Å². The molecule has 0 aromatic heterocycles. The van der Waals surface area contributed by atoms with Crippen molar-refractivity contribution in [2.24, 2.45) is 0 Å². The van der Waals surface area contributed by atoms with E-state index in [1.807, 2.05) is 0 Å². The largest absolute Gasteiger partial charge is 3.00 e. The average Bonchev–Trinajstić information content (AvgIpc) is 1.12. The fraction of sp³-hybridized carbons (Fsp3) is 0. The maximum absolute atomic E-state index is 8.55. The molecule has 0 saturated heterocycles. The molecule has 0 N–H and O–H groups in total. The molecule has 13 heavy (non-hydrogen) atoms. The standard InChI is InChI=1S/Co.Fe.Li.2H3O4P/c;;;2*1-5(2,3)4/h;;;2*(H3,1,2,3,4)/q+2;+3;+1;;/p-6. The molecule has 0 bridgehead atoms. The van der Waals surface area contributed by atoms with Crippen LogP contribution in [0.2, 0.25) is 0 Å². The van der Waals surface area contributed by atoms with E-state index < -0.39 is 15.6 Å². The normalized spacial score (nSPS) is 9.08. The van der Waals surface area contributed by atoms with Gasteiger partial charge in [0.05, 0.1) is 0 Å². The summed E-state index contributed by atoms with van der Waals surface area (Å²) >= 11 is 0. The van der Waals surface area contributed by atoms with Gasteiger partial charge in [-0.1, -0.05) is 0 Å². The Morgan fingerprint density at radius 2 is 0.692 bits per heavy atom. The summed E-state index contributed by atoms with van der Waals surface area (Å²) in [6.45, 7) is 0. The number of hydrogen-bond acceptors (Lipinski definition) is 8. The minimum absolute atomic E-state index is 0. The zero-order valence-electron chi connectivity index (χ0n) is 5.85. The summed E-state index contributed by atoms with van der Waals surface area (Å²) in [7, 11) is -10.8. The third-order valence-electron chi connectivity index (χ3n) is 0. The first-order valence-electron chi connectivity index (χ1n) is 1.46. The molecule has 0 aliphatic rings. The predicted octanol–water partition coefficient (Wildman–Crippen LogP) is -8.65. The maximum Gasteiger partial charge on any atom is 3.00 e. The van der Waals surface area contributed by atoms with E-state index in [1.165, 1.54) is 0 Å². The predicted molar refractivity (Wildman–Crippen MR) is 15.2 cm³/mol. The molecule has 0 saturated carbocycles. The zero-order valence-corrected chi connectivity index (χ0v) is 9.78. The van der Waals surface area contributed by atoms with Gasteiger partial charge in [-0.05, 0) is 0 Å². The van der Waals surface area contributed by atoms with E-state index >= 15 is 0 Å².